The molecule has 0 atom stereocenters. The zero-order valence-corrected chi connectivity index (χ0v) is 11.9. The lowest BCUT2D eigenvalue weighted by Crippen LogP contribution is -2.18. The van der Waals surface area contributed by atoms with E-state index in [4.69, 9.17) is 5.14 Å². The van der Waals surface area contributed by atoms with Crippen molar-refractivity contribution < 1.29 is 13.2 Å². The fourth-order valence-corrected chi connectivity index (χ4v) is 2.61. The average molecular weight is 307 g/mol. The number of carbonyl (C=O) groups excluding carboxylic acids is 1. The van der Waals surface area contributed by atoms with Crippen molar-refractivity contribution in [2.45, 2.75) is 11.8 Å². The number of rotatable bonds is 3. The molecule has 0 radical (unpaired) electrons. The van der Waals surface area contributed by atoms with Gasteiger partial charge >= 0.3 is 0 Å². The molecular formula is C13H13N3O4S. The van der Waals surface area contributed by atoms with Crippen LogP contribution >= 0.6 is 0 Å². The molecule has 0 bridgehead atoms. The third-order valence-electron chi connectivity index (χ3n) is 2.89. The summed E-state index contributed by atoms with van der Waals surface area (Å²) in [5.41, 5.74) is 0.601. The first-order valence-electron chi connectivity index (χ1n) is 5.91. The average Bonchev–Trinajstić information content (AvgIpc) is 2.40. The van der Waals surface area contributed by atoms with Crippen molar-refractivity contribution in [2.24, 2.45) is 5.14 Å². The van der Waals surface area contributed by atoms with E-state index in [0.717, 1.165) is 0 Å². The summed E-state index contributed by atoms with van der Waals surface area (Å²) < 4.78 is 22.8. The van der Waals surface area contributed by atoms with Crippen molar-refractivity contribution in [3.8, 4) is 0 Å². The lowest BCUT2D eigenvalue weighted by Gasteiger charge is -2.11. The van der Waals surface area contributed by atoms with Gasteiger partial charge in [0, 0.05) is 18.0 Å². The number of benzene rings is 1. The molecule has 0 spiro atoms. The fourth-order valence-electron chi connectivity index (χ4n) is 1.80. The Kier molecular flexibility index (Phi) is 3.92. The van der Waals surface area contributed by atoms with E-state index in [0.29, 0.717) is 11.3 Å². The summed E-state index contributed by atoms with van der Waals surface area (Å²) in [6, 6.07) is 7.00. The van der Waals surface area contributed by atoms with Crippen molar-refractivity contribution in [1.29, 1.82) is 0 Å². The number of hydrogen-bond donors (Lipinski definition) is 3. The molecule has 4 N–H and O–H groups in total. The predicted octanol–water partition coefficient (Wildman–Crippen LogP) is 0.583. The molecule has 1 aromatic carbocycles. The van der Waals surface area contributed by atoms with E-state index in [1.54, 1.807) is 13.0 Å². The number of pyridine rings is 1. The molecule has 0 fully saturated rings. The van der Waals surface area contributed by atoms with Gasteiger partial charge in [-0.1, -0.05) is 6.07 Å². The highest BCUT2D eigenvalue weighted by atomic mass is 32.2. The van der Waals surface area contributed by atoms with Crippen molar-refractivity contribution in [3.63, 3.8) is 0 Å². The van der Waals surface area contributed by atoms with E-state index in [1.165, 1.54) is 30.5 Å². The number of primary sulfonamides is 1. The standard InChI is InChI=1S/C13H13N3O4S/c1-8-10(3-2-4-11(8)21(14,19)20)16-13(18)9-5-6-12(17)15-7-9/h2-7H,1H3,(H,15,17)(H,16,18)(H2,14,19,20). The van der Waals surface area contributed by atoms with E-state index in [1.807, 2.05) is 0 Å². The predicted molar refractivity (Wildman–Crippen MR) is 77.6 cm³/mol. The van der Waals surface area contributed by atoms with Crippen LogP contribution in [-0.4, -0.2) is 19.3 Å². The van der Waals surface area contributed by atoms with Crippen molar-refractivity contribution >= 4 is 21.6 Å². The van der Waals surface area contributed by atoms with Gasteiger partial charge in [-0.15, -0.1) is 0 Å². The number of anilines is 1. The molecule has 0 saturated carbocycles. The first-order chi connectivity index (χ1) is 9.79. The minimum Gasteiger partial charge on any atom is -0.328 e. The van der Waals surface area contributed by atoms with E-state index in [-0.39, 0.29) is 16.0 Å². The van der Waals surface area contributed by atoms with Gasteiger partial charge in [-0.3, -0.25) is 9.59 Å². The van der Waals surface area contributed by atoms with Crippen LogP contribution < -0.4 is 16.0 Å². The topological polar surface area (TPSA) is 122 Å². The van der Waals surface area contributed by atoms with Crippen molar-refractivity contribution in [2.75, 3.05) is 5.32 Å². The largest absolute Gasteiger partial charge is 0.328 e. The first-order valence-corrected chi connectivity index (χ1v) is 7.46. The second-order valence-corrected chi connectivity index (χ2v) is 5.90. The Balaban J connectivity index is 2.34. The molecule has 110 valence electrons. The summed E-state index contributed by atoms with van der Waals surface area (Å²) in [7, 11) is -3.86. The summed E-state index contributed by atoms with van der Waals surface area (Å²) in [6.45, 7) is 1.54. The second-order valence-electron chi connectivity index (χ2n) is 4.37. The van der Waals surface area contributed by atoms with Crippen LogP contribution in [0.25, 0.3) is 0 Å². The van der Waals surface area contributed by atoms with E-state index >= 15 is 0 Å². The summed E-state index contributed by atoms with van der Waals surface area (Å²) in [4.78, 5) is 25.3. The van der Waals surface area contributed by atoms with Gasteiger partial charge in [-0.2, -0.15) is 0 Å². The van der Waals surface area contributed by atoms with Gasteiger partial charge in [-0.05, 0) is 30.7 Å². The number of hydrogen-bond acceptors (Lipinski definition) is 4. The van der Waals surface area contributed by atoms with Crippen LogP contribution in [0.5, 0.6) is 0 Å². The monoisotopic (exact) mass is 307 g/mol. The Morgan fingerprint density at radius 1 is 1.24 bits per heavy atom. The van der Waals surface area contributed by atoms with Gasteiger partial charge in [0.1, 0.15) is 0 Å². The zero-order valence-electron chi connectivity index (χ0n) is 11.1. The molecular weight excluding hydrogens is 294 g/mol. The van der Waals surface area contributed by atoms with Crippen molar-refractivity contribution in [3.05, 3.63) is 58.0 Å². The lowest BCUT2D eigenvalue weighted by molar-refractivity contribution is 0.102. The Hall–Kier alpha value is -2.45. The highest BCUT2D eigenvalue weighted by molar-refractivity contribution is 7.89. The quantitative estimate of drug-likeness (QED) is 0.767. The summed E-state index contributed by atoms with van der Waals surface area (Å²) in [5.74, 6) is -0.471. The third-order valence-corrected chi connectivity index (χ3v) is 3.94. The van der Waals surface area contributed by atoms with Crippen LogP contribution in [0.4, 0.5) is 5.69 Å². The summed E-state index contributed by atoms with van der Waals surface area (Å²) in [6.07, 6.45) is 1.27. The second kappa shape index (κ2) is 5.51. The number of carbonyl (C=O) groups is 1. The molecule has 0 saturated heterocycles. The van der Waals surface area contributed by atoms with Gasteiger partial charge < -0.3 is 10.3 Å². The molecule has 2 aromatic rings. The van der Waals surface area contributed by atoms with Crippen LogP contribution in [0, 0.1) is 6.92 Å². The van der Waals surface area contributed by atoms with Crippen LogP contribution in [-0.2, 0) is 10.0 Å². The highest BCUT2D eigenvalue weighted by Gasteiger charge is 2.15. The maximum atomic E-state index is 12.0. The van der Waals surface area contributed by atoms with E-state index in [9.17, 15) is 18.0 Å². The van der Waals surface area contributed by atoms with E-state index < -0.39 is 15.9 Å². The SMILES string of the molecule is Cc1c(NC(=O)c2ccc(=O)[nH]c2)cccc1S(N)(=O)=O. The maximum absolute atomic E-state index is 12.0. The fraction of sp³-hybridized carbons (Fsp3) is 0.0769. The summed E-state index contributed by atoms with van der Waals surface area (Å²) in [5, 5.41) is 7.68. The Labute approximate surface area is 120 Å². The van der Waals surface area contributed by atoms with Crippen LogP contribution in [0.2, 0.25) is 0 Å². The maximum Gasteiger partial charge on any atom is 0.257 e. The van der Waals surface area contributed by atoms with Crippen LogP contribution in [0.15, 0.2) is 46.2 Å². The molecule has 21 heavy (non-hydrogen) atoms. The minimum absolute atomic E-state index is 0.0539. The van der Waals surface area contributed by atoms with Crippen LogP contribution in [0.3, 0.4) is 0 Å². The van der Waals surface area contributed by atoms with Gasteiger partial charge in [0.25, 0.3) is 5.91 Å². The molecule has 0 unspecified atom stereocenters. The Bertz CT molecular complexity index is 835. The van der Waals surface area contributed by atoms with Gasteiger partial charge in [0.2, 0.25) is 15.6 Å². The lowest BCUT2D eigenvalue weighted by atomic mass is 10.2. The Morgan fingerprint density at radius 3 is 2.52 bits per heavy atom. The minimum atomic E-state index is -3.86. The van der Waals surface area contributed by atoms with Gasteiger partial charge in [0.15, 0.2) is 0 Å². The molecule has 1 amide bonds. The number of H-pyrrole nitrogens is 1. The molecule has 0 aliphatic carbocycles. The number of nitrogens with two attached hydrogens (primary N) is 1. The van der Waals surface area contributed by atoms with Crippen molar-refractivity contribution in [1.82, 2.24) is 4.98 Å². The number of amides is 1. The molecule has 1 heterocycles. The number of aromatic nitrogens is 1. The van der Waals surface area contributed by atoms with Crippen LogP contribution in [0.1, 0.15) is 15.9 Å². The van der Waals surface area contributed by atoms with Gasteiger partial charge in [0.05, 0.1) is 10.5 Å². The number of sulfonamides is 1. The normalized spacial score (nSPS) is 11.1. The molecule has 0 aliphatic rings. The molecule has 8 heteroatoms. The third kappa shape index (κ3) is 3.36. The molecule has 2 rings (SSSR count). The number of nitrogens with one attached hydrogen (secondary N) is 2. The molecule has 1 aromatic heterocycles. The zero-order chi connectivity index (χ0) is 15.6. The first kappa shape index (κ1) is 14.9. The summed E-state index contributed by atoms with van der Waals surface area (Å²) >= 11 is 0. The highest BCUT2D eigenvalue weighted by Crippen LogP contribution is 2.22. The Morgan fingerprint density at radius 2 is 1.95 bits per heavy atom. The molecule has 7 nitrogen and oxygen atoms in total. The van der Waals surface area contributed by atoms with E-state index in [2.05, 4.69) is 10.3 Å². The number of aromatic amines is 1. The molecule has 0 aliphatic heterocycles. The smallest absolute Gasteiger partial charge is 0.257 e. The van der Waals surface area contributed by atoms with Gasteiger partial charge in [-0.25, -0.2) is 13.6 Å².